The van der Waals surface area contributed by atoms with Gasteiger partial charge in [-0.3, -0.25) is 4.79 Å². The number of unbranched alkanes of at least 4 members (excludes halogenated alkanes) is 3. The van der Waals surface area contributed by atoms with E-state index in [2.05, 4.69) is 36.2 Å². The lowest BCUT2D eigenvalue weighted by molar-refractivity contribution is -0.757. The molecule has 0 aromatic heterocycles. The summed E-state index contributed by atoms with van der Waals surface area (Å²) in [6.45, 7) is 5.32. The van der Waals surface area contributed by atoms with Gasteiger partial charge in [0.25, 0.3) is 11.0 Å². The molecule has 0 radical (unpaired) electrons. The molecule has 0 spiro atoms. The summed E-state index contributed by atoms with van der Waals surface area (Å²) in [5, 5.41) is 11.4. The second-order valence-corrected chi connectivity index (χ2v) is 12.4. The van der Waals surface area contributed by atoms with Gasteiger partial charge in [-0.15, -0.1) is 10.1 Å². The molecule has 1 saturated carbocycles. The highest BCUT2D eigenvalue weighted by atomic mass is 19.3. The average Bonchev–Trinajstić information content (AvgIpc) is 3.71. The van der Waals surface area contributed by atoms with Crippen molar-refractivity contribution in [2.24, 2.45) is 5.92 Å². The van der Waals surface area contributed by atoms with Crippen LogP contribution in [0.5, 0.6) is 17.2 Å². The fourth-order valence-electron chi connectivity index (χ4n) is 4.74. The number of rotatable bonds is 22. The Morgan fingerprint density at radius 1 is 1.02 bits per heavy atom. The van der Waals surface area contributed by atoms with Gasteiger partial charge in [-0.1, -0.05) is 82.0 Å². The van der Waals surface area contributed by atoms with Gasteiger partial charge in [-0.2, -0.15) is 8.78 Å². The van der Waals surface area contributed by atoms with Crippen molar-refractivity contribution in [2.45, 2.75) is 96.9 Å². The molecule has 0 saturated heterocycles. The third kappa shape index (κ3) is 23.9. The molecule has 12 nitrogen and oxygen atoms in total. The Hall–Kier alpha value is -5.27. The number of allylic oxidation sites excluding steroid dienone is 3. The van der Waals surface area contributed by atoms with Crippen LogP contribution in [-0.2, 0) is 24.0 Å². The van der Waals surface area contributed by atoms with Crippen molar-refractivity contribution in [1.82, 2.24) is 5.32 Å². The molecule has 1 atom stereocenters. The van der Waals surface area contributed by atoms with Crippen molar-refractivity contribution >= 4 is 24.4 Å². The third-order valence-electron chi connectivity index (χ3n) is 7.77. The summed E-state index contributed by atoms with van der Waals surface area (Å²) in [6, 6.07) is 12.5. The Balaban J connectivity index is 0.000000489. The summed E-state index contributed by atoms with van der Waals surface area (Å²) in [5.74, 6) is -2.90. The van der Waals surface area contributed by atoms with Crippen molar-refractivity contribution in [2.75, 3.05) is 26.9 Å². The number of carbonyl (C=O) groups excluding carboxylic acids is 3. The van der Waals surface area contributed by atoms with Gasteiger partial charge >= 0.3 is 11.9 Å². The van der Waals surface area contributed by atoms with Crippen LogP contribution < -0.4 is 19.5 Å². The number of para-hydroxylation sites is 1. The number of nitrogens with zero attached hydrogens (tertiary/aromatic N) is 1. The highest BCUT2D eigenvalue weighted by Crippen LogP contribution is 2.29. The van der Waals surface area contributed by atoms with E-state index in [1.807, 2.05) is 6.07 Å². The number of hydrogen-bond acceptors (Lipinski definition) is 10. The van der Waals surface area contributed by atoms with Crippen LogP contribution in [0.1, 0.15) is 90.5 Å². The molecule has 2 aromatic rings. The standard InChI is InChI=1S/C18H22N2O9.C15H18F2O.C8H16/c1-13(19-12-21)18(23)29-15-7-5-14(11-16(15)26-2)6-8-17(22)27-9-3-4-10-28-20(24)25;16-15(17,11-10-13-6-4-5-7-13)12-18-14-8-2-1-3-9-14;1-3-5-7-8-6-4-2/h5-8,11-13H,3-4,9-10H2,1-2H3,(H,19,21);1-3,8-11,13H,4-7,12H2;5,7H,3-4,6,8H2,1-2H3/b8-6+;11-10+;7-5-. The first-order valence-electron chi connectivity index (χ1n) is 18.6. The molecule has 14 heteroatoms. The second-order valence-electron chi connectivity index (χ2n) is 12.4. The molecule has 304 valence electrons. The number of esters is 2. The number of benzene rings is 2. The minimum Gasteiger partial charge on any atom is -0.493 e. The number of methoxy groups -OCH3 is 1. The molecule has 2 aromatic carbocycles. The van der Waals surface area contributed by atoms with E-state index in [1.165, 1.54) is 57.9 Å². The van der Waals surface area contributed by atoms with Crippen LogP contribution >= 0.6 is 0 Å². The van der Waals surface area contributed by atoms with Gasteiger partial charge in [0.15, 0.2) is 18.1 Å². The highest BCUT2D eigenvalue weighted by molar-refractivity contribution is 5.87. The van der Waals surface area contributed by atoms with E-state index in [1.54, 1.807) is 42.5 Å². The maximum atomic E-state index is 13.6. The summed E-state index contributed by atoms with van der Waals surface area (Å²) < 4.78 is 47.5. The summed E-state index contributed by atoms with van der Waals surface area (Å²) in [5.41, 5.74) is 0.594. The van der Waals surface area contributed by atoms with E-state index in [-0.39, 0.29) is 24.7 Å². The Morgan fingerprint density at radius 2 is 1.73 bits per heavy atom. The number of halogens is 2. The summed E-state index contributed by atoms with van der Waals surface area (Å²) in [4.78, 5) is 48.0. The van der Waals surface area contributed by atoms with Gasteiger partial charge in [0.05, 0.1) is 20.3 Å². The van der Waals surface area contributed by atoms with Gasteiger partial charge in [0.2, 0.25) is 6.41 Å². The van der Waals surface area contributed by atoms with E-state index in [4.69, 9.17) is 18.9 Å². The van der Waals surface area contributed by atoms with Crippen molar-refractivity contribution < 1.29 is 52.0 Å². The smallest absolute Gasteiger partial charge is 0.333 e. The van der Waals surface area contributed by atoms with Crippen molar-refractivity contribution in [1.29, 1.82) is 0 Å². The summed E-state index contributed by atoms with van der Waals surface area (Å²) in [6.07, 6.45) is 20.6. The van der Waals surface area contributed by atoms with Crippen LogP contribution in [0.15, 0.2) is 78.9 Å². The number of amides is 1. The molecular formula is C41H56F2N2O10. The van der Waals surface area contributed by atoms with Crippen LogP contribution in [0.2, 0.25) is 0 Å². The number of carbonyl (C=O) groups is 3. The largest absolute Gasteiger partial charge is 0.493 e. The predicted octanol–water partition coefficient (Wildman–Crippen LogP) is 8.87. The first-order valence-corrected chi connectivity index (χ1v) is 18.6. The highest BCUT2D eigenvalue weighted by Gasteiger charge is 2.27. The molecule has 55 heavy (non-hydrogen) atoms. The Bertz CT molecular complexity index is 1480. The fraction of sp³-hybridized carbons (Fsp3) is 0.488. The SMILES string of the molecule is CC/C=C\CCCC.COc1cc(/C=C/C(=O)OCCCCO[N+](=O)[O-])ccc1OC(=O)C(C)NC=O.FC(F)(/C=C/C1CCCC1)COc1ccccc1. The summed E-state index contributed by atoms with van der Waals surface area (Å²) in [7, 11) is 1.39. The van der Waals surface area contributed by atoms with Crippen molar-refractivity contribution in [3.8, 4) is 17.2 Å². The van der Waals surface area contributed by atoms with Crippen molar-refractivity contribution in [3.63, 3.8) is 0 Å². The Kier molecular flexibility index (Phi) is 25.3. The van der Waals surface area contributed by atoms with Crippen molar-refractivity contribution in [3.05, 3.63) is 94.6 Å². The van der Waals surface area contributed by atoms with E-state index < -0.39 is 35.6 Å². The van der Waals surface area contributed by atoms with Crippen LogP contribution in [0, 0.1) is 16.0 Å². The molecule has 1 aliphatic carbocycles. The zero-order valence-electron chi connectivity index (χ0n) is 32.3. The van der Waals surface area contributed by atoms with Crippen LogP contribution in [0.4, 0.5) is 8.78 Å². The van der Waals surface area contributed by atoms with Gasteiger partial charge in [-0.05, 0) is 93.3 Å². The van der Waals surface area contributed by atoms with Gasteiger partial charge in [-0.25, -0.2) is 9.59 Å². The van der Waals surface area contributed by atoms with E-state index in [0.717, 1.165) is 31.8 Å². The molecule has 0 heterocycles. The van der Waals surface area contributed by atoms with Crippen LogP contribution in [0.3, 0.4) is 0 Å². The predicted molar refractivity (Wildman–Crippen MR) is 206 cm³/mol. The molecule has 0 bridgehead atoms. The van der Waals surface area contributed by atoms with Gasteiger partial charge in [0, 0.05) is 6.08 Å². The second kappa shape index (κ2) is 29.1. The molecule has 1 amide bonds. The lowest BCUT2D eigenvalue weighted by atomic mass is 10.1. The van der Waals surface area contributed by atoms with Crippen LogP contribution in [-0.4, -0.2) is 62.3 Å². The number of hydrogen-bond donors (Lipinski definition) is 1. The van der Waals surface area contributed by atoms with Gasteiger partial charge in [0.1, 0.15) is 11.8 Å². The van der Waals surface area contributed by atoms with Gasteiger partial charge < -0.3 is 29.1 Å². The lowest BCUT2D eigenvalue weighted by Gasteiger charge is -2.14. The topological polar surface area (TPSA) is 153 Å². The lowest BCUT2D eigenvalue weighted by Crippen LogP contribution is -2.36. The normalized spacial score (nSPS) is 13.3. The monoisotopic (exact) mass is 774 g/mol. The van der Waals surface area contributed by atoms with Crippen LogP contribution in [0.25, 0.3) is 6.08 Å². The molecule has 1 fully saturated rings. The maximum Gasteiger partial charge on any atom is 0.333 e. The molecule has 3 rings (SSSR count). The van der Waals surface area contributed by atoms with E-state index in [0.29, 0.717) is 36.5 Å². The zero-order chi connectivity index (χ0) is 40.7. The number of nitrogens with one attached hydrogen (secondary N) is 1. The molecule has 1 N–H and O–H groups in total. The molecule has 0 aliphatic heterocycles. The maximum absolute atomic E-state index is 13.6. The molecule has 1 unspecified atom stereocenters. The number of alkyl halides is 2. The molecule has 1 aliphatic rings. The first kappa shape index (κ1) is 47.8. The quantitative estimate of drug-likeness (QED) is 0.0179. The molecular weight excluding hydrogens is 718 g/mol. The minimum absolute atomic E-state index is 0.0545. The minimum atomic E-state index is -2.89. The number of ether oxygens (including phenoxy) is 4. The van der Waals surface area contributed by atoms with E-state index in [9.17, 15) is 33.3 Å². The first-order chi connectivity index (χ1) is 26.4. The fourth-order valence-corrected chi connectivity index (χ4v) is 4.74. The van der Waals surface area contributed by atoms with E-state index >= 15 is 0 Å². The third-order valence-corrected chi connectivity index (χ3v) is 7.77. The average molecular weight is 775 g/mol. The Labute approximate surface area is 323 Å². The Morgan fingerprint density at radius 3 is 2.36 bits per heavy atom. The summed E-state index contributed by atoms with van der Waals surface area (Å²) >= 11 is 0. The zero-order valence-corrected chi connectivity index (χ0v) is 32.3.